The van der Waals surface area contributed by atoms with Gasteiger partial charge in [-0.1, -0.05) is 0 Å². The van der Waals surface area contributed by atoms with Gasteiger partial charge in [-0.25, -0.2) is 8.42 Å². The molecule has 0 heterocycles. The summed E-state index contributed by atoms with van der Waals surface area (Å²) < 4.78 is 32.8. The summed E-state index contributed by atoms with van der Waals surface area (Å²) in [5, 5.41) is 30.7. The van der Waals surface area contributed by atoms with Gasteiger partial charge in [-0.15, -0.1) is 0 Å². The minimum atomic E-state index is -4.88. The number of nitro groups is 2. The molecule has 10 nitrogen and oxygen atoms in total. The van der Waals surface area contributed by atoms with E-state index in [1.807, 2.05) is 0 Å². The van der Waals surface area contributed by atoms with Crippen molar-refractivity contribution in [3.63, 3.8) is 0 Å². The van der Waals surface area contributed by atoms with Crippen molar-refractivity contribution in [2.45, 2.75) is 4.90 Å². The Labute approximate surface area is 214 Å². The number of fused-ring (bicyclic) bond motifs is 1. The van der Waals surface area contributed by atoms with Crippen molar-refractivity contribution < 1.29 is 131 Å². The van der Waals surface area contributed by atoms with E-state index in [9.17, 15) is 38.3 Å². The first-order valence-electron chi connectivity index (χ1n) is 5.17. The molecule has 110 valence electrons. The molecule has 0 aliphatic rings. The third-order valence-electron chi connectivity index (χ3n) is 2.72. The van der Waals surface area contributed by atoms with Crippen molar-refractivity contribution in [3.8, 4) is 5.75 Å². The van der Waals surface area contributed by atoms with Crippen molar-refractivity contribution in [2.75, 3.05) is 0 Å². The molecule has 2 aromatic carbocycles. The van der Waals surface area contributed by atoms with Gasteiger partial charge < -0.3 is 9.66 Å². The van der Waals surface area contributed by atoms with Crippen LogP contribution in [0.15, 0.2) is 29.2 Å². The van der Waals surface area contributed by atoms with Gasteiger partial charge in [0.05, 0.1) is 26.2 Å². The van der Waals surface area contributed by atoms with Crippen molar-refractivity contribution in [1.29, 1.82) is 0 Å². The van der Waals surface area contributed by atoms with Crippen molar-refractivity contribution >= 4 is 32.3 Å². The van der Waals surface area contributed by atoms with Crippen LogP contribution in [0.3, 0.4) is 0 Å². The Morgan fingerprint density at radius 1 is 0.913 bits per heavy atom. The van der Waals surface area contributed by atoms with Crippen LogP contribution in [-0.2, 0) is 10.1 Å². The number of phenols is 1. The van der Waals surface area contributed by atoms with Crippen LogP contribution in [0, 0.1) is 20.2 Å². The van der Waals surface area contributed by atoms with E-state index in [2.05, 4.69) is 0 Å². The van der Waals surface area contributed by atoms with E-state index in [0.29, 0.717) is 12.1 Å². The summed E-state index contributed by atoms with van der Waals surface area (Å²) in [4.78, 5) is 18.9. The summed E-state index contributed by atoms with van der Waals surface area (Å²) in [5.41, 5.74) is -1.65. The normalized spacial score (nSPS) is 10.5. The van der Waals surface area contributed by atoms with E-state index in [0.717, 1.165) is 12.1 Å². The second kappa shape index (κ2) is 8.73. The summed E-state index contributed by atoms with van der Waals surface area (Å²) in [7, 11) is -4.88. The molecule has 0 aliphatic heterocycles. The predicted octanol–water partition coefficient (Wildman–Crippen LogP) is -4.73. The summed E-state index contributed by atoms with van der Waals surface area (Å²) in [6.07, 6.45) is 0. The zero-order valence-corrected chi connectivity index (χ0v) is 19.0. The van der Waals surface area contributed by atoms with Gasteiger partial charge in [-0.2, -0.15) is 0 Å². The maximum atomic E-state index is 10.9. The minimum absolute atomic E-state index is 0. The van der Waals surface area contributed by atoms with Gasteiger partial charge in [0.2, 0.25) is 5.75 Å². The van der Waals surface area contributed by atoms with Gasteiger partial charge in [0.1, 0.15) is 10.1 Å². The second-order valence-corrected chi connectivity index (χ2v) is 5.32. The Morgan fingerprint density at radius 2 is 1.43 bits per heavy atom. The summed E-state index contributed by atoms with van der Waals surface area (Å²) >= 11 is 0. The Balaban J connectivity index is 0.00000242. The number of rotatable bonds is 3. The SMILES string of the molecule is O=[N+]([O-])c1cc([N+](=O)[O-])c2ccc(S(=O)(=O)[O-])cc2c1O.[K+].[K+]. The first-order valence-corrected chi connectivity index (χ1v) is 6.58. The second-order valence-electron chi connectivity index (χ2n) is 3.94. The molecule has 0 spiro atoms. The number of hydrogen-bond donors (Lipinski definition) is 1. The first kappa shape index (κ1) is 23.5. The third kappa shape index (κ3) is 4.99. The maximum absolute atomic E-state index is 10.9. The van der Waals surface area contributed by atoms with E-state index >= 15 is 0 Å². The number of hydrogen-bond acceptors (Lipinski definition) is 8. The Hall–Kier alpha value is 0.483. The van der Waals surface area contributed by atoms with Gasteiger partial charge >= 0.3 is 108 Å². The number of nitrogens with zero attached hydrogens (tertiary/aromatic N) is 2. The molecule has 0 aliphatic carbocycles. The fourth-order valence-electron chi connectivity index (χ4n) is 1.80. The average molecular weight is 391 g/mol. The fraction of sp³-hybridized carbons (Fsp3) is 0. The summed E-state index contributed by atoms with van der Waals surface area (Å²) in [6, 6.07) is 2.97. The summed E-state index contributed by atoms with van der Waals surface area (Å²) in [6.45, 7) is 0. The van der Waals surface area contributed by atoms with Crippen molar-refractivity contribution in [2.24, 2.45) is 0 Å². The molecular formula is C10H5K2N2O8S+. The molecule has 0 radical (unpaired) electrons. The van der Waals surface area contributed by atoms with Crippen molar-refractivity contribution in [3.05, 3.63) is 44.5 Å². The van der Waals surface area contributed by atoms with Gasteiger partial charge in [-0.3, -0.25) is 20.2 Å². The van der Waals surface area contributed by atoms with Crippen LogP contribution in [0.4, 0.5) is 11.4 Å². The number of aromatic hydroxyl groups is 1. The number of benzene rings is 2. The molecule has 2 aromatic rings. The average Bonchev–Trinajstić information content (AvgIpc) is 2.36. The van der Waals surface area contributed by atoms with E-state index < -0.39 is 47.4 Å². The van der Waals surface area contributed by atoms with Crippen LogP contribution in [0.2, 0.25) is 0 Å². The third-order valence-corrected chi connectivity index (χ3v) is 3.55. The topological polar surface area (TPSA) is 164 Å². The molecule has 0 amide bonds. The molecule has 1 N–H and O–H groups in total. The molecule has 2 rings (SSSR count). The quantitative estimate of drug-likeness (QED) is 0.236. The van der Waals surface area contributed by atoms with Crippen LogP contribution < -0.4 is 103 Å². The number of nitro benzene ring substituents is 2. The smallest absolute Gasteiger partial charge is 0.744 e. The largest absolute Gasteiger partial charge is 1.00 e. The molecule has 0 saturated heterocycles. The van der Waals surface area contributed by atoms with E-state index in [1.165, 1.54) is 0 Å². The van der Waals surface area contributed by atoms with Crippen molar-refractivity contribution in [1.82, 2.24) is 0 Å². The summed E-state index contributed by atoms with van der Waals surface area (Å²) in [5.74, 6) is -0.953. The first-order chi connectivity index (χ1) is 9.62. The molecule has 0 fully saturated rings. The van der Waals surface area contributed by atoms with Crippen LogP contribution in [0.1, 0.15) is 0 Å². The molecule has 23 heavy (non-hydrogen) atoms. The molecule has 13 heteroatoms. The molecule has 0 unspecified atom stereocenters. The molecule has 0 bridgehead atoms. The zero-order valence-electron chi connectivity index (χ0n) is 11.9. The standard InChI is InChI=1S/C10H6N2O8S.2K/c13-10-7-3-5(21(18,19)20)1-2-6(7)8(11(14)15)4-9(10)12(16)17;;/h1-4,13H,(H,18,19,20);;/q;2*+1/p-1. The predicted molar refractivity (Wildman–Crippen MR) is 66.9 cm³/mol. The van der Waals surface area contributed by atoms with Crippen LogP contribution >= 0.6 is 0 Å². The van der Waals surface area contributed by atoms with Crippen LogP contribution in [0.25, 0.3) is 10.8 Å². The van der Waals surface area contributed by atoms with Gasteiger partial charge in [0, 0.05) is 5.39 Å². The molecular weight excluding hydrogens is 386 g/mol. The molecule has 0 atom stereocenters. The van der Waals surface area contributed by atoms with E-state index in [1.54, 1.807) is 0 Å². The maximum Gasteiger partial charge on any atom is 1.00 e. The minimum Gasteiger partial charge on any atom is -0.744 e. The Morgan fingerprint density at radius 3 is 1.87 bits per heavy atom. The number of phenolic OH excluding ortho intramolecular Hbond substituents is 1. The molecule has 0 aromatic heterocycles. The van der Waals surface area contributed by atoms with E-state index in [4.69, 9.17) is 0 Å². The van der Waals surface area contributed by atoms with Crippen LogP contribution in [0.5, 0.6) is 5.75 Å². The van der Waals surface area contributed by atoms with Gasteiger partial charge in [-0.05, 0) is 18.2 Å². The fourth-order valence-corrected chi connectivity index (χ4v) is 2.30. The van der Waals surface area contributed by atoms with Crippen LogP contribution in [-0.4, -0.2) is 27.9 Å². The Kier molecular flexibility index (Phi) is 8.91. The van der Waals surface area contributed by atoms with Gasteiger partial charge in [0.25, 0.3) is 5.69 Å². The monoisotopic (exact) mass is 391 g/mol. The van der Waals surface area contributed by atoms with E-state index in [-0.39, 0.29) is 108 Å². The molecule has 0 saturated carbocycles. The zero-order chi connectivity index (χ0) is 15.9. The Bertz CT molecular complexity index is 899. The van der Waals surface area contributed by atoms with Gasteiger partial charge in [0.15, 0.2) is 0 Å². The number of non-ortho nitro benzene ring substituents is 1.